The lowest BCUT2D eigenvalue weighted by Crippen LogP contribution is -2.01. The molecule has 0 aliphatic heterocycles. The molecular formula is C3H3N2O2. The molecule has 1 amide bonds. The molecule has 37 valence electrons. The van der Waals surface area contributed by atoms with E-state index < -0.39 is 6.09 Å². The van der Waals surface area contributed by atoms with Crippen molar-refractivity contribution < 1.29 is 9.53 Å². The molecule has 0 aliphatic rings. The Bertz CT molecular complexity index is 104. The number of hydrogen-bond acceptors (Lipinski definition) is 3. The zero-order valence-corrected chi connectivity index (χ0v) is 3.47. The minimum atomic E-state index is -1.17. The second-order valence-electron chi connectivity index (χ2n) is 0.734. The van der Waals surface area contributed by atoms with Crippen molar-refractivity contribution >= 4 is 6.09 Å². The van der Waals surface area contributed by atoms with E-state index in [1.54, 1.807) is 0 Å². The molecule has 0 bridgehead atoms. The van der Waals surface area contributed by atoms with Gasteiger partial charge in [0, 0.05) is 0 Å². The Labute approximate surface area is 40.5 Å². The molecule has 7 heavy (non-hydrogen) atoms. The van der Waals surface area contributed by atoms with Crippen LogP contribution in [0, 0.1) is 11.3 Å². The smallest absolute Gasteiger partial charge is 0.427 e. The van der Waals surface area contributed by atoms with Crippen LogP contribution in [0.15, 0.2) is 0 Å². The van der Waals surface area contributed by atoms with Gasteiger partial charge in [-0.05, 0) is 0 Å². The van der Waals surface area contributed by atoms with Crippen molar-refractivity contribution in [2.75, 3.05) is 6.61 Å². The first-order valence-corrected chi connectivity index (χ1v) is 1.52. The van der Waals surface area contributed by atoms with Crippen molar-refractivity contribution in [1.29, 1.82) is 5.26 Å². The van der Waals surface area contributed by atoms with E-state index in [4.69, 9.17) is 11.0 Å². The van der Waals surface area contributed by atoms with E-state index in [1.165, 1.54) is 6.07 Å². The predicted molar refractivity (Wildman–Crippen MR) is 20.1 cm³/mol. The third kappa shape index (κ3) is 4.76. The van der Waals surface area contributed by atoms with E-state index in [9.17, 15) is 4.79 Å². The molecule has 4 heteroatoms. The van der Waals surface area contributed by atoms with E-state index in [0.717, 1.165) is 0 Å². The molecule has 0 heterocycles. The summed E-state index contributed by atoms with van der Waals surface area (Å²) in [6.45, 7) is -0.331. The SMILES string of the molecule is N#CCOC([NH])=O. The molecular weight excluding hydrogens is 96.0 g/mol. The van der Waals surface area contributed by atoms with E-state index in [-0.39, 0.29) is 6.61 Å². The van der Waals surface area contributed by atoms with Gasteiger partial charge < -0.3 is 4.74 Å². The van der Waals surface area contributed by atoms with Crippen LogP contribution in [0.4, 0.5) is 4.79 Å². The van der Waals surface area contributed by atoms with Gasteiger partial charge in [-0.1, -0.05) is 0 Å². The molecule has 0 aromatic rings. The lowest BCUT2D eigenvalue weighted by molar-refractivity contribution is 0.169. The maximum absolute atomic E-state index is 9.50. The molecule has 0 aromatic carbocycles. The number of carbonyl (C=O) groups excluding carboxylic acids is 1. The molecule has 0 fully saturated rings. The lowest BCUT2D eigenvalue weighted by atomic mass is 10.8. The molecule has 0 spiro atoms. The van der Waals surface area contributed by atoms with Gasteiger partial charge in [0.25, 0.3) is 0 Å². The van der Waals surface area contributed by atoms with E-state index in [2.05, 4.69) is 4.74 Å². The lowest BCUT2D eigenvalue weighted by Gasteiger charge is -1.85. The fraction of sp³-hybridized carbons (Fsp3) is 0.333. The zero-order chi connectivity index (χ0) is 5.70. The Morgan fingerprint density at radius 1 is 2.00 bits per heavy atom. The van der Waals surface area contributed by atoms with Crippen LogP contribution in [0.3, 0.4) is 0 Å². The first kappa shape index (κ1) is 5.76. The minimum Gasteiger partial charge on any atom is -0.433 e. The molecule has 0 unspecified atom stereocenters. The molecule has 0 atom stereocenters. The summed E-state index contributed by atoms with van der Waals surface area (Å²) in [5, 5.41) is 7.70. The number of nitrogens with one attached hydrogen (secondary N) is 1. The van der Waals surface area contributed by atoms with E-state index in [1.807, 2.05) is 0 Å². The predicted octanol–water partition coefficient (Wildman–Crippen LogP) is -0.0705. The highest BCUT2D eigenvalue weighted by atomic mass is 16.5. The number of nitriles is 1. The maximum Gasteiger partial charge on any atom is 0.427 e. The highest BCUT2D eigenvalue weighted by Gasteiger charge is 1.87. The van der Waals surface area contributed by atoms with Gasteiger partial charge in [0.2, 0.25) is 0 Å². The molecule has 1 N–H and O–H groups in total. The molecule has 0 saturated heterocycles. The number of nitrogens with zero attached hydrogens (tertiary/aromatic N) is 1. The van der Waals surface area contributed by atoms with Crippen LogP contribution in [-0.2, 0) is 4.74 Å². The van der Waals surface area contributed by atoms with Crippen molar-refractivity contribution in [2.45, 2.75) is 0 Å². The molecule has 0 aromatic heterocycles. The van der Waals surface area contributed by atoms with Gasteiger partial charge in [-0.25, -0.2) is 10.5 Å². The van der Waals surface area contributed by atoms with Crippen LogP contribution < -0.4 is 5.73 Å². The standard InChI is InChI=1S/C3H3N2O2/c4-1-2-7-3(5)6/h5H,2H2. The van der Waals surface area contributed by atoms with Gasteiger partial charge in [-0.15, -0.1) is 0 Å². The summed E-state index contributed by atoms with van der Waals surface area (Å²) in [5.41, 5.74) is 6.07. The number of amides is 1. The van der Waals surface area contributed by atoms with Crippen molar-refractivity contribution in [3.05, 3.63) is 0 Å². The fourth-order valence-corrected chi connectivity index (χ4v) is 0.0978. The Morgan fingerprint density at radius 3 is 2.71 bits per heavy atom. The summed E-state index contributed by atoms with van der Waals surface area (Å²) in [7, 11) is 0. The van der Waals surface area contributed by atoms with Gasteiger partial charge in [-0.3, -0.25) is 0 Å². The van der Waals surface area contributed by atoms with Crippen molar-refractivity contribution in [1.82, 2.24) is 5.73 Å². The molecule has 0 saturated carbocycles. The summed E-state index contributed by atoms with van der Waals surface area (Å²) in [6.07, 6.45) is -1.17. The third-order valence-electron chi connectivity index (χ3n) is 0.268. The highest BCUT2D eigenvalue weighted by molar-refractivity contribution is 5.63. The third-order valence-corrected chi connectivity index (χ3v) is 0.268. The van der Waals surface area contributed by atoms with Gasteiger partial charge in [0.05, 0.1) is 0 Å². The zero-order valence-electron chi connectivity index (χ0n) is 3.47. The monoisotopic (exact) mass is 99.0 g/mol. The number of hydrogen-bond donors (Lipinski definition) is 0. The number of rotatable bonds is 1. The normalized spacial score (nSPS) is 6.71. The van der Waals surface area contributed by atoms with Gasteiger partial charge >= 0.3 is 6.09 Å². The maximum atomic E-state index is 9.50. The Balaban J connectivity index is 3.02. The van der Waals surface area contributed by atoms with Gasteiger partial charge in [-0.2, -0.15) is 5.26 Å². The van der Waals surface area contributed by atoms with Crippen molar-refractivity contribution in [3.63, 3.8) is 0 Å². The summed E-state index contributed by atoms with van der Waals surface area (Å²) in [5.74, 6) is 0. The van der Waals surface area contributed by atoms with E-state index in [0.29, 0.717) is 0 Å². The van der Waals surface area contributed by atoms with Crippen molar-refractivity contribution in [2.24, 2.45) is 0 Å². The summed E-state index contributed by atoms with van der Waals surface area (Å²) in [6, 6.07) is 1.54. The van der Waals surface area contributed by atoms with Crippen LogP contribution in [0.1, 0.15) is 0 Å². The largest absolute Gasteiger partial charge is 0.433 e. The molecule has 0 aliphatic carbocycles. The average molecular weight is 99.1 g/mol. The second kappa shape index (κ2) is 2.97. The van der Waals surface area contributed by atoms with Crippen LogP contribution in [-0.4, -0.2) is 12.7 Å². The highest BCUT2D eigenvalue weighted by Crippen LogP contribution is 1.69. The van der Waals surface area contributed by atoms with Crippen LogP contribution in [0.5, 0.6) is 0 Å². The van der Waals surface area contributed by atoms with Crippen LogP contribution in [0.25, 0.3) is 0 Å². The van der Waals surface area contributed by atoms with Crippen molar-refractivity contribution in [3.8, 4) is 6.07 Å². The molecule has 1 radical (unpaired) electrons. The van der Waals surface area contributed by atoms with Gasteiger partial charge in [0.15, 0.2) is 6.61 Å². The van der Waals surface area contributed by atoms with Crippen LogP contribution in [0.2, 0.25) is 0 Å². The molecule has 0 rings (SSSR count). The second-order valence-corrected chi connectivity index (χ2v) is 0.734. The first-order valence-electron chi connectivity index (χ1n) is 1.52. The summed E-state index contributed by atoms with van der Waals surface area (Å²) in [4.78, 5) is 9.50. The fourth-order valence-electron chi connectivity index (χ4n) is 0.0978. The minimum absolute atomic E-state index is 0.331. The number of carbonyl (C=O) groups is 1. The van der Waals surface area contributed by atoms with E-state index >= 15 is 0 Å². The Hall–Kier alpha value is -1.24. The molecule has 4 nitrogen and oxygen atoms in total. The quantitative estimate of drug-likeness (QED) is 0.461. The van der Waals surface area contributed by atoms with Crippen LogP contribution >= 0.6 is 0 Å². The topological polar surface area (TPSA) is 73.9 Å². The van der Waals surface area contributed by atoms with Gasteiger partial charge in [0.1, 0.15) is 6.07 Å². The number of ether oxygens (including phenoxy) is 1. The first-order chi connectivity index (χ1) is 3.27. The Morgan fingerprint density at radius 2 is 2.57 bits per heavy atom. The summed E-state index contributed by atoms with van der Waals surface area (Å²) >= 11 is 0. The summed E-state index contributed by atoms with van der Waals surface area (Å²) < 4.78 is 3.86. The Kier molecular flexibility index (Phi) is 2.44. The average Bonchev–Trinajstić information content (AvgIpc) is 1.61.